The number of amides is 1. The van der Waals surface area contributed by atoms with E-state index in [9.17, 15) is 4.79 Å². The van der Waals surface area contributed by atoms with Gasteiger partial charge in [-0.1, -0.05) is 34.1 Å². The van der Waals surface area contributed by atoms with E-state index in [1.165, 1.54) is 19.3 Å². The SMILES string of the molecule is CCCCN(O[Si](C)(C)C(C)(C)C)C(=O)c1ccc(OC)c(OC)c1OC. The maximum atomic E-state index is 13.3. The molecule has 1 amide bonds. The Kier molecular flexibility index (Phi) is 8.17. The summed E-state index contributed by atoms with van der Waals surface area (Å²) in [5.41, 5.74) is 0.393. The van der Waals surface area contributed by atoms with Crippen molar-refractivity contribution in [2.24, 2.45) is 0 Å². The molecule has 0 spiro atoms. The van der Waals surface area contributed by atoms with Gasteiger partial charge in [-0.3, -0.25) is 4.79 Å². The first-order valence-corrected chi connectivity index (χ1v) is 12.2. The zero-order valence-electron chi connectivity index (χ0n) is 18.3. The Hall–Kier alpha value is -1.73. The topological polar surface area (TPSA) is 57.2 Å². The number of benzene rings is 1. The fraction of sp³-hybridized carbons (Fsp3) is 0.650. The van der Waals surface area contributed by atoms with Crippen LogP contribution in [0, 0.1) is 0 Å². The van der Waals surface area contributed by atoms with Gasteiger partial charge < -0.3 is 18.7 Å². The third-order valence-corrected chi connectivity index (χ3v) is 9.31. The molecule has 0 bridgehead atoms. The molecule has 7 heteroatoms. The summed E-state index contributed by atoms with van der Waals surface area (Å²) in [4.78, 5) is 13.3. The van der Waals surface area contributed by atoms with Crippen LogP contribution in [0.3, 0.4) is 0 Å². The van der Waals surface area contributed by atoms with Crippen molar-refractivity contribution in [3.8, 4) is 17.2 Å². The van der Waals surface area contributed by atoms with Gasteiger partial charge in [0, 0.05) is 6.54 Å². The van der Waals surface area contributed by atoms with E-state index >= 15 is 0 Å². The summed E-state index contributed by atoms with van der Waals surface area (Å²) < 4.78 is 22.6. The molecule has 0 N–H and O–H groups in total. The van der Waals surface area contributed by atoms with Crippen LogP contribution in [0.2, 0.25) is 18.1 Å². The van der Waals surface area contributed by atoms with Crippen molar-refractivity contribution in [2.75, 3.05) is 27.9 Å². The van der Waals surface area contributed by atoms with Gasteiger partial charge in [0.05, 0.1) is 26.9 Å². The van der Waals surface area contributed by atoms with E-state index in [0.717, 1.165) is 12.8 Å². The second-order valence-electron chi connectivity index (χ2n) is 7.99. The van der Waals surface area contributed by atoms with Gasteiger partial charge in [0.1, 0.15) is 0 Å². The molecule has 0 radical (unpaired) electrons. The predicted octanol–water partition coefficient (Wildman–Crippen LogP) is 4.89. The molecular weight excluding hydrogens is 362 g/mol. The van der Waals surface area contributed by atoms with Crippen molar-refractivity contribution in [3.05, 3.63) is 17.7 Å². The minimum atomic E-state index is -2.17. The molecule has 27 heavy (non-hydrogen) atoms. The van der Waals surface area contributed by atoms with Gasteiger partial charge >= 0.3 is 0 Å². The van der Waals surface area contributed by atoms with Gasteiger partial charge in [0.25, 0.3) is 5.91 Å². The van der Waals surface area contributed by atoms with Crippen LogP contribution in [0.5, 0.6) is 17.2 Å². The monoisotopic (exact) mass is 397 g/mol. The average Bonchev–Trinajstić information content (AvgIpc) is 2.61. The zero-order valence-corrected chi connectivity index (χ0v) is 19.3. The molecule has 0 heterocycles. The zero-order chi connectivity index (χ0) is 20.8. The Bertz CT molecular complexity index is 640. The molecule has 0 unspecified atom stereocenters. The van der Waals surface area contributed by atoms with Gasteiger partial charge in [0.15, 0.2) is 11.5 Å². The summed E-state index contributed by atoms with van der Waals surface area (Å²) in [6, 6.07) is 3.40. The second kappa shape index (κ2) is 9.46. The van der Waals surface area contributed by atoms with Gasteiger partial charge in [-0.2, -0.15) is 0 Å². The largest absolute Gasteiger partial charge is 0.493 e. The number of hydroxylamine groups is 2. The standard InChI is InChI=1S/C20H35NO5Si/c1-10-11-14-21(26-27(8,9)20(2,3)4)19(22)15-12-13-16(23-5)18(25-7)17(15)24-6/h12-13H,10-11,14H2,1-9H3. The first kappa shape index (κ1) is 23.3. The highest BCUT2D eigenvalue weighted by molar-refractivity contribution is 6.74. The molecule has 0 saturated heterocycles. The summed E-state index contributed by atoms with van der Waals surface area (Å²) >= 11 is 0. The Balaban J connectivity index is 3.34. The van der Waals surface area contributed by atoms with Gasteiger partial charge in [0.2, 0.25) is 14.1 Å². The molecule has 0 aliphatic rings. The van der Waals surface area contributed by atoms with Crippen molar-refractivity contribution < 1.29 is 23.5 Å². The van der Waals surface area contributed by atoms with Crippen LogP contribution < -0.4 is 14.2 Å². The Morgan fingerprint density at radius 2 is 1.63 bits per heavy atom. The van der Waals surface area contributed by atoms with E-state index in [0.29, 0.717) is 29.4 Å². The quantitative estimate of drug-likeness (QED) is 0.438. The number of ether oxygens (including phenoxy) is 3. The Labute approximate surface area is 164 Å². The number of methoxy groups -OCH3 is 3. The smallest absolute Gasteiger partial charge is 0.280 e. The van der Waals surface area contributed by atoms with E-state index in [1.54, 1.807) is 19.2 Å². The molecular formula is C20H35NO5Si. The predicted molar refractivity (Wildman–Crippen MR) is 110 cm³/mol. The van der Waals surface area contributed by atoms with Gasteiger partial charge in [-0.15, -0.1) is 0 Å². The van der Waals surface area contributed by atoms with Crippen LogP contribution >= 0.6 is 0 Å². The minimum Gasteiger partial charge on any atom is -0.493 e. The van der Waals surface area contributed by atoms with Crippen LogP contribution in [0.15, 0.2) is 12.1 Å². The lowest BCUT2D eigenvalue weighted by Gasteiger charge is -2.39. The number of hydrogen-bond donors (Lipinski definition) is 0. The maximum absolute atomic E-state index is 13.3. The van der Waals surface area contributed by atoms with Crippen LogP contribution in [-0.2, 0) is 4.53 Å². The number of hydrogen-bond acceptors (Lipinski definition) is 5. The van der Waals surface area contributed by atoms with Crippen LogP contribution in [-0.4, -0.2) is 47.2 Å². The molecule has 6 nitrogen and oxygen atoms in total. The number of carbonyl (C=O) groups excluding carboxylic acids is 1. The number of rotatable bonds is 9. The second-order valence-corrected chi connectivity index (χ2v) is 12.7. The summed E-state index contributed by atoms with van der Waals surface area (Å²) in [6.45, 7) is 13.3. The van der Waals surface area contributed by atoms with E-state index in [2.05, 4.69) is 40.8 Å². The van der Waals surface area contributed by atoms with E-state index < -0.39 is 8.32 Å². The Morgan fingerprint density at radius 3 is 2.07 bits per heavy atom. The highest BCUT2D eigenvalue weighted by atomic mass is 28.4. The van der Waals surface area contributed by atoms with E-state index in [-0.39, 0.29) is 10.9 Å². The number of nitrogens with zero attached hydrogens (tertiary/aromatic N) is 1. The van der Waals surface area contributed by atoms with E-state index in [1.807, 2.05) is 0 Å². The highest BCUT2D eigenvalue weighted by Crippen LogP contribution is 2.41. The van der Waals surface area contributed by atoms with E-state index in [4.69, 9.17) is 18.7 Å². The molecule has 0 aliphatic carbocycles. The van der Waals surface area contributed by atoms with Gasteiger partial charge in [-0.25, -0.2) is 5.06 Å². The van der Waals surface area contributed by atoms with Crippen LogP contribution in [0.4, 0.5) is 0 Å². The molecule has 0 aliphatic heterocycles. The average molecular weight is 398 g/mol. The molecule has 0 atom stereocenters. The van der Waals surface area contributed by atoms with Crippen molar-refractivity contribution in [3.63, 3.8) is 0 Å². The van der Waals surface area contributed by atoms with Crippen LogP contribution in [0.25, 0.3) is 0 Å². The van der Waals surface area contributed by atoms with Crippen molar-refractivity contribution >= 4 is 14.2 Å². The Morgan fingerprint density at radius 1 is 1.04 bits per heavy atom. The third-order valence-electron chi connectivity index (χ3n) is 5.02. The fourth-order valence-corrected chi connectivity index (χ4v) is 3.31. The normalized spacial score (nSPS) is 11.9. The molecule has 0 saturated carbocycles. The lowest BCUT2D eigenvalue weighted by Crippen LogP contribution is -2.49. The van der Waals surface area contributed by atoms with Gasteiger partial charge in [-0.05, 0) is 36.7 Å². The summed E-state index contributed by atoms with van der Waals surface area (Å²) in [5, 5.41) is 1.49. The molecule has 1 aromatic carbocycles. The first-order valence-electron chi connectivity index (χ1n) is 9.34. The highest BCUT2D eigenvalue weighted by Gasteiger charge is 2.41. The summed E-state index contributed by atoms with van der Waals surface area (Å²) in [5.74, 6) is 1.03. The summed E-state index contributed by atoms with van der Waals surface area (Å²) in [6.07, 6.45) is 1.82. The summed E-state index contributed by atoms with van der Waals surface area (Å²) in [7, 11) is 2.41. The molecule has 1 rings (SSSR count). The third kappa shape index (κ3) is 5.39. The lowest BCUT2D eigenvalue weighted by molar-refractivity contribution is -0.0456. The van der Waals surface area contributed by atoms with Crippen molar-refractivity contribution in [1.82, 2.24) is 5.06 Å². The maximum Gasteiger partial charge on any atom is 0.280 e. The molecule has 0 fully saturated rings. The number of carbonyl (C=O) groups is 1. The minimum absolute atomic E-state index is 0.0145. The van der Waals surface area contributed by atoms with Crippen molar-refractivity contribution in [2.45, 2.75) is 58.7 Å². The number of unbranched alkanes of at least 4 members (excludes halogenated alkanes) is 1. The molecule has 154 valence electrons. The molecule has 0 aromatic heterocycles. The van der Waals surface area contributed by atoms with Crippen LogP contribution in [0.1, 0.15) is 50.9 Å². The lowest BCUT2D eigenvalue weighted by atomic mass is 10.1. The van der Waals surface area contributed by atoms with Crippen molar-refractivity contribution in [1.29, 1.82) is 0 Å². The molecule has 1 aromatic rings. The fourth-order valence-electron chi connectivity index (χ4n) is 2.31. The first-order chi connectivity index (χ1) is 12.5.